The molecule has 0 amide bonds. The summed E-state index contributed by atoms with van der Waals surface area (Å²) >= 11 is 3.90. The van der Waals surface area contributed by atoms with Gasteiger partial charge in [0.1, 0.15) is 0 Å². The number of nitrogens with zero attached hydrogens (tertiary/aromatic N) is 1. The number of alkyl halides is 1. The van der Waals surface area contributed by atoms with E-state index < -0.39 is 0 Å². The molecule has 1 aromatic rings. The van der Waals surface area contributed by atoms with Crippen molar-refractivity contribution < 1.29 is 0 Å². The fourth-order valence-corrected chi connectivity index (χ4v) is 4.88. The Labute approximate surface area is 146 Å². The van der Waals surface area contributed by atoms with E-state index in [1.165, 1.54) is 27.9 Å². The topological polar surface area (TPSA) is 12.9 Å². The summed E-state index contributed by atoms with van der Waals surface area (Å²) < 4.78 is 0. The van der Waals surface area contributed by atoms with E-state index in [0.29, 0.717) is 5.92 Å². The first-order valence-electron chi connectivity index (χ1n) is 8.09. The van der Waals surface area contributed by atoms with Crippen molar-refractivity contribution in [3.63, 3.8) is 0 Å². The van der Waals surface area contributed by atoms with Gasteiger partial charge in [0, 0.05) is 17.5 Å². The highest BCUT2D eigenvalue weighted by Gasteiger charge is 2.40. The number of aromatic nitrogens is 1. The Kier molecular flexibility index (Phi) is 3.35. The van der Waals surface area contributed by atoms with Gasteiger partial charge in [0.25, 0.3) is 0 Å². The third-order valence-electron chi connectivity index (χ3n) is 5.27. The fraction of sp³-hybridized carbons (Fsp3) is 0.286. The maximum atomic E-state index is 4.58. The molecular formula is C21H20BrN. The molecule has 1 nitrogen and oxygen atoms in total. The number of fused-ring (bicyclic) bond motifs is 2. The smallest absolute Gasteiger partial charge is 0.0682 e. The Balaban J connectivity index is 1.85. The van der Waals surface area contributed by atoms with Gasteiger partial charge in [-0.25, -0.2) is 0 Å². The normalized spacial score (nSPS) is 23.0. The third kappa shape index (κ3) is 2.15. The summed E-state index contributed by atoms with van der Waals surface area (Å²) in [7, 11) is 0. The largest absolute Gasteiger partial charge is 0.257 e. The molecular weight excluding hydrogens is 346 g/mol. The maximum absolute atomic E-state index is 4.58. The van der Waals surface area contributed by atoms with Crippen LogP contribution in [0.2, 0.25) is 0 Å². The second kappa shape index (κ2) is 5.17. The number of hydrogen-bond donors (Lipinski definition) is 0. The van der Waals surface area contributed by atoms with Gasteiger partial charge in [-0.1, -0.05) is 66.2 Å². The summed E-state index contributed by atoms with van der Waals surface area (Å²) in [6.07, 6.45) is 15.4. The molecule has 1 aromatic heterocycles. The van der Waals surface area contributed by atoms with Crippen LogP contribution in [-0.2, 0) is 0 Å². The molecule has 1 atom stereocenters. The van der Waals surface area contributed by atoms with Crippen LogP contribution >= 0.6 is 15.9 Å². The van der Waals surface area contributed by atoms with Crippen molar-refractivity contribution in [3.8, 4) is 0 Å². The predicted molar refractivity (Wildman–Crippen MR) is 100 cm³/mol. The van der Waals surface area contributed by atoms with Gasteiger partial charge >= 0.3 is 0 Å². The highest BCUT2D eigenvalue weighted by Crippen LogP contribution is 2.54. The van der Waals surface area contributed by atoms with E-state index in [1.807, 2.05) is 12.3 Å². The standard InChI is InChI=1S/C21H20BrN/c1-13-11-17-16(12-18-15(20(17)22)9-6-10-23-18)19(13)21(2,3)14-7-4-5-8-14/h4-12,14,20H,1-3H3. The van der Waals surface area contributed by atoms with Crippen molar-refractivity contribution in [1.82, 2.24) is 4.98 Å². The molecule has 0 fully saturated rings. The summed E-state index contributed by atoms with van der Waals surface area (Å²) in [5.74, 6) is 0.444. The van der Waals surface area contributed by atoms with Gasteiger partial charge in [0.2, 0.25) is 0 Å². The molecule has 0 aromatic carbocycles. The van der Waals surface area contributed by atoms with Gasteiger partial charge < -0.3 is 0 Å². The van der Waals surface area contributed by atoms with Crippen LogP contribution in [0.1, 0.15) is 36.9 Å². The average molecular weight is 366 g/mol. The molecule has 3 aliphatic rings. The highest BCUT2D eigenvalue weighted by molar-refractivity contribution is 9.09. The lowest BCUT2D eigenvalue weighted by Gasteiger charge is -2.35. The molecule has 0 saturated heterocycles. The van der Waals surface area contributed by atoms with Gasteiger partial charge in [0.15, 0.2) is 0 Å². The van der Waals surface area contributed by atoms with Crippen LogP contribution in [0.15, 0.2) is 71.0 Å². The molecule has 1 unspecified atom stereocenters. The molecule has 0 bridgehead atoms. The Hall–Kier alpha value is -1.67. The van der Waals surface area contributed by atoms with E-state index in [4.69, 9.17) is 0 Å². The molecule has 0 radical (unpaired) electrons. The van der Waals surface area contributed by atoms with Crippen molar-refractivity contribution in [2.45, 2.75) is 25.6 Å². The second-order valence-electron chi connectivity index (χ2n) is 7.07. The first-order valence-corrected chi connectivity index (χ1v) is 9.01. The lowest BCUT2D eigenvalue weighted by molar-refractivity contribution is 0.381. The molecule has 1 heterocycles. The van der Waals surface area contributed by atoms with Crippen molar-refractivity contribution in [1.29, 1.82) is 0 Å². The van der Waals surface area contributed by atoms with Crippen molar-refractivity contribution in [2.75, 3.05) is 0 Å². The van der Waals surface area contributed by atoms with Gasteiger partial charge in [-0.15, -0.1) is 0 Å². The first kappa shape index (κ1) is 14.9. The summed E-state index contributed by atoms with van der Waals surface area (Å²) in [5, 5.41) is 0. The first-order chi connectivity index (χ1) is 11.0. The number of hydrogen-bond acceptors (Lipinski definition) is 1. The monoisotopic (exact) mass is 365 g/mol. The number of halogens is 1. The van der Waals surface area contributed by atoms with Crippen molar-refractivity contribution >= 4 is 22.0 Å². The van der Waals surface area contributed by atoms with Crippen LogP contribution in [0.3, 0.4) is 0 Å². The molecule has 0 spiro atoms. The van der Waals surface area contributed by atoms with E-state index in [-0.39, 0.29) is 10.2 Å². The van der Waals surface area contributed by atoms with E-state index in [1.54, 1.807) is 0 Å². The highest BCUT2D eigenvalue weighted by atomic mass is 79.9. The molecule has 0 saturated carbocycles. The zero-order chi connectivity index (χ0) is 16.2. The van der Waals surface area contributed by atoms with E-state index in [9.17, 15) is 0 Å². The van der Waals surface area contributed by atoms with Gasteiger partial charge in [-0.3, -0.25) is 4.98 Å². The molecule has 23 heavy (non-hydrogen) atoms. The summed E-state index contributed by atoms with van der Waals surface area (Å²) in [4.78, 5) is 4.81. The second-order valence-corrected chi connectivity index (χ2v) is 7.99. The minimum atomic E-state index is 0.0661. The zero-order valence-corrected chi connectivity index (χ0v) is 15.3. The van der Waals surface area contributed by atoms with E-state index in [2.05, 4.69) is 84.2 Å². The quantitative estimate of drug-likeness (QED) is 0.591. The Morgan fingerprint density at radius 1 is 1.13 bits per heavy atom. The van der Waals surface area contributed by atoms with Gasteiger partial charge in [-0.05, 0) is 46.9 Å². The van der Waals surface area contributed by atoms with Gasteiger partial charge in [-0.2, -0.15) is 0 Å². The Morgan fingerprint density at radius 3 is 2.61 bits per heavy atom. The van der Waals surface area contributed by atoms with Crippen LogP contribution in [-0.4, -0.2) is 4.98 Å². The Morgan fingerprint density at radius 2 is 1.87 bits per heavy atom. The lowest BCUT2D eigenvalue weighted by atomic mass is 9.69. The van der Waals surface area contributed by atoms with E-state index >= 15 is 0 Å². The van der Waals surface area contributed by atoms with E-state index in [0.717, 1.165) is 5.69 Å². The lowest BCUT2D eigenvalue weighted by Crippen LogP contribution is -2.25. The Bertz CT molecular complexity index is 821. The molecule has 2 heteroatoms. The van der Waals surface area contributed by atoms with Crippen molar-refractivity contribution in [2.24, 2.45) is 11.3 Å². The van der Waals surface area contributed by atoms with Crippen LogP contribution in [0.4, 0.5) is 0 Å². The summed E-state index contributed by atoms with van der Waals surface area (Å²) in [6, 6.07) is 4.18. The van der Waals surface area contributed by atoms with Crippen molar-refractivity contribution in [3.05, 3.63) is 82.3 Å². The van der Waals surface area contributed by atoms with Gasteiger partial charge in [0.05, 0.1) is 10.5 Å². The van der Waals surface area contributed by atoms with Crippen LogP contribution in [0.5, 0.6) is 0 Å². The van der Waals surface area contributed by atoms with Crippen LogP contribution in [0, 0.1) is 11.3 Å². The van der Waals surface area contributed by atoms with Crippen LogP contribution < -0.4 is 0 Å². The summed E-state index contributed by atoms with van der Waals surface area (Å²) in [6.45, 7) is 6.94. The number of pyridine rings is 1. The number of allylic oxidation sites excluding steroid dienone is 9. The number of rotatable bonds is 2. The minimum Gasteiger partial charge on any atom is -0.257 e. The predicted octanol–water partition coefficient (Wildman–Crippen LogP) is 5.94. The molecule has 116 valence electrons. The third-order valence-corrected chi connectivity index (χ3v) is 6.26. The fourth-order valence-electron chi connectivity index (χ4n) is 4.11. The molecule has 3 aliphatic carbocycles. The molecule has 4 rings (SSSR count). The maximum Gasteiger partial charge on any atom is 0.0682 e. The SMILES string of the molecule is CC1=C(C(C)(C)C2C=CC=C2)C2=Cc3ncccc3C(Br)C2=C1. The van der Waals surface area contributed by atoms with Crippen LogP contribution in [0.25, 0.3) is 6.08 Å². The molecule has 0 aliphatic heterocycles. The zero-order valence-electron chi connectivity index (χ0n) is 13.7. The molecule has 0 N–H and O–H groups in total. The minimum absolute atomic E-state index is 0.0661. The average Bonchev–Trinajstić information content (AvgIpc) is 3.15. The summed E-state index contributed by atoms with van der Waals surface area (Å²) in [5.41, 5.74) is 7.97.